The minimum atomic E-state index is -0.589. The second-order valence-corrected chi connectivity index (χ2v) is 6.93. The van der Waals surface area contributed by atoms with Gasteiger partial charge in [0.1, 0.15) is 6.42 Å². The van der Waals surface area contributed by atoms with Gasteiger partial charge in [-0.15, -0.1) is 0 Å². The highest BCUT2D eigenvalue weighted by Crippen LogP contribution is 2.21. The van der Waals surface area contributed by atoms with Gasteiger partial charge in [-0.1, -0.05) is 30.3 Å². The number of likely N-dealkylation sites (tertiary alicyclic amines) is 1. The van der Waals surface area contributed by atoms with E-state index in [9.17, 15) is 19.2 Å². The van der Waals surface area contributed by atoms with Crippen LogP contribution in [-0.2, 0) is 30.5 Å². The molecule has 0 saturated carbocycles. The first-order valence-corrected chi connectivity index (χ1v) is 9.68. The molecule has 7 heteroatoms. The molecule has 0 bridgehead atoms. The van der Waals surface area contributed by atoms with Crippen molar-refractivity contribution in [2.45, 2.75) is 51.6 Å². The molecule has 0 aliphatic carbocycles. The summed E-state index contributed by atoms with van der Waals surface area (Å²) in [6.45, 7) is 2.86. The van der Waals surface area contributed by atoms with E-state index in [0.29, 0.717) is 25.9 Å². The fraction of sp³-hybridized carbons (Fsp3) is 0.524. The third-order valence-corrected chi connectivity index (χ3v) is 4.81. The van der Waals surface area contributed by atoms with Crippen molar-refractivity contribution in [2.24, 2.45) is 0 Å². The lowest BCUT2D eigenvalue weighted by atomic mass is 10.1. The van der Waals surface area contributed by atoms with Crippen LogP contribution in [0.15, 0.2) is 30.3 Å². The third kappa shape index (κ3) is 6.18. The fourth-order valence-electron chi connectivity index (χ4n) is 3.37. The van der Waals surface area contributed by atoms with E-state index in [2.05, 4.69) is 0 Å². The van der Waals surface area contributed by atoms with Gasteiger partial charge in [-0.25, -0.2) is 0 Å². The Morgan fingerprint density at radius 1 is 1.14 bits per heavy atom. The quantitative estimate of drug-likeness (QED) is 0.477. The van der Waals surface area contributed by atoms with Gasteiger partial charge in [-0.3, -0.25) is 19.2 Å². The molecule has 1 fully saturated rings. The second kappa shape index (κ2) is 10.6. The number of rotatable bonds is 9. The average molecular weight is 388 g/mol. The van der Waals surface area contributed by atoms with Gasteiger partial charge in [-0.2, -0.15) is 0 Å². The van der Waals surface area contributed by atoms with Crippen molar-refractivity contribution in [3.8, 4) is 0 Å². The van der Waals surface area contributed by atoms with Crippen molar-refractivity contribution in [1.29, 1.82) is 0 Å². The molecule has 1 aliphatic heterocycles. The van der Waals surface area contributed by atoms with Crippen LogP contribution in [0, 0.1) is 0 Å². The SMILES string of the molecule is CCOC(=O)CC(=O)C1CCCN1C(=O)CCC(=O)N(C)Cc1ccccc1. The number of amides is 2. The number of ketones is 1. The maximum absolute atomic E-state index is 12.5. The predicted octanol–water partition coefficient (Wildman–Crippen LogP) is 1.94. The summed E-state index contributed by atoms with van der Waals surface area (Å²) in [5.41, 5.74) is 1.02. The van der Waals surface area contributed by atoms with Crippen LogP contribution >= 0.6 is 0 Å². The number of Topliss-reactive ketones (excluding diaryl/α,β-unsaturated/α-hetero) is 1. The fourth-order valence-corrected chi connectivity index (χ4v) is 3.37. The van der Waals surface area contributed by atoms with Gasteiger partial charge in [0.25, 0.3) is 0 Å². The summed E-state index contributed by atoms with van der Waals surface area (Å²) in [5, 5.41) is 0. The second-order valence-electron chi connectivity index (χ2n) is 6.93. The maximum atomic E-state index is 12.5. The molecular weight excluding hydrogens is 360 g/mol. The summed E-state index contributed by atoms with van der Waals surface area (Å²) in [6.07, 6.45) is 1.10. The van der Waals surface area contributed by atoms with Crippen molar-refractivity contribution in [2.75, 3.05) is 20.2 Å². The average Bonchev–Trinajstić information content (AvgIpc) is 3.16. The highest BCUT2D eigenvalue weighted by molar-refractivity contribution is 6.00. The van der Waals surface area contributed by atoms with Crippen LogP contribution in [0.1, 0.15) is 44.6 Å². The topological polar surface area (TPSA) is 84.0 Å². The number of ether oxygens (including phenoxy) is 1. The van der Waals surface area contributed by atoms with Crippen LogP contribution in [0.3, 0.4) is 0 Å². The zero-order chi connectivity index (χ0) is 20.5. The Hall–Kier alpha value is -2.70. The molecule has 1 aromatic rings. The molecule has 1 atom stereocenters. The molecular formula is C21H28N2O5. The summed E-state index contributed by atoms with van der Waals surface area (Å²) in [7, 11) is 1.71. The molecule has 1 unspecified atom stereocenters. The number of nitrogens with zero attached hydrogens (tertiary/aromatic N) is 2. The van der Waals surface area contributed by atoms with Gasteiger partial charge < -0.3 is 14.5 Å². The van der Waals surface area contributed by atoms with Gasteiger partial charge in [0.05, 0.1) is 12.6 Å². The van der Waals surface area contributed by atoms with Crippen LogP contribution in [0.5, 0.6) is 0 Å². The normalized spacial score (nSPS) is 15.9. The number of benzene rings is 1. The van der Waals surface area contributed by atoms with Gasteiger partial charge in [-0.05, 0) is 25.3 Å². The first kappa shape index (κ1) is 21.6. The molecule has 1 saturated heterocycles. The molecule has 28 heavy (non-hydrogen) atoms. The van der Waals surface area contributed by atoms with E-state index in [4.69, 9.17) is 4.74 Å². The number of carbonyl (C=O) groups excluding carboxylic acids is 4. The van der Waals surface area contributed by atoms with Gasteiger partial charge >= 0.3 is 5.97 Å². The first-order valence-electron chi connectivity index (χ1n) is 9.68. The minimum absolute atomic E-state index is 0.0567. The monoisotopic (exact) mass is 388 g/mol. The zero-order valence-corrected chi connectivity index (χ0v) is 16.6. The Morgan fingerprint density at radius 2 is 1.86 bits per heavy atom. The molecule has 1 aromatic carbocycles. The van der Waals surface area contributed by atoms with Crippen LogP contribution in [-0.4, -0.2) is 59.6 Å². The van der Waals surface area contributed by atoms with Gasteiger partial charge in [0, 0.05) is 33.0 Å². The Bertz CT molecular complexity index is 704. The highest BCUT2D eigenvalue weighted by Gasteiger charge is 2.34. The van der Waals surface area contributed by atoms with E-state index >= 15 is 0 Å². The van der Waals surface area contributed by atoms with E-state index < -0.39 is 12.0 Å². The van der Waals surface area contributed by atoms with E-state index in [0.717, 1.165) is 5.56 Å². The summed E-state index contributed by atoms with van der Waals surface area (Å²) in [4.78, 5) is 51.8. The molecule has 152 valence electrons. The Balaban J connectivity index is 1.83. The Morgan fingerprint density at radius 3 is 2.54 bits per heavy atom. The van der Waals surface area contributed by atoms with Crippen LogP contribution < -0.4 is 0 Å². The van der Waals surface area contributed by atoms with Crippen LogP contribution in [0.4, 0.5) is 0 Å². The van der Waals surface area contributed by atoms with Crippen LogP contribution in [0.25, 0.3) is 0 Å². The van der Waals surface area contributed by atoms with E-state index in [1.165, 1.54) is 4.90 Å². The lowest BCUT2D eigenvalue weighted by Crippen LogP contribution is -2.41. The lowest BCUT2D eigenvalue weighted by molar-refractivity contribution is -0.148. The predicted molar refractivity (Wildman–Crippen MR) is 103 cm³/mol. The van der Waals surface area contributed by atoms with Crippen molar-refractivity contribution in [3.63, 3.8) is 0 Å². The van der Waals surface area contributed by atoms with Gasteiger partial charge in [0.2, 0.25) is 11.8 Å². The van der Waals surface area contributed by atoms with Crippen LogP contribution in [0.2, 0.25) is 0 Å². The number of carbonyl (C=O) groups is 4. The first-order chi connectivity index (χ1) is 13.4. The van der Waals surface area contributed by atoms with Crippen molar-refractivity contribution in [1.82, 2.24) is 9.80 Å². The molecule has 0 spiro atoms. The highest BCUT2D eigenvalue weighted by atomic mass is 16.5. The number of hydrogen-bond acceptors (Lipinski definition) is 5. The van der Waals surface area contributed by atoms with Crippen molar-refractivity contribution < 1.29 is 23.9 Å². The smallest absolute Gasteiger partial charge is 0.313 e. The summed E-state index contributed by atoms with van der Waals surface area (Å²) in [5.74, 6) is -1.20. The maximum Gasteiger partial charge on any atom is 0.313 e. The third-order valence-electron chi connectivity index (χ3n) is 4.81. The van der Waals surface area contributed by atoms with E-state index in [1.807, 2.05) is 30.3 Å². The molecule has 2 amide bonds. The molecule has 0 radical (unpaired) electrons. The minimum Gasteiger partial charge on any atom is -0.466 e. The molecule has 0 N–H and O–H groups in total. The molecule has 1 aliphatic rings. The molecule has 7 nitrogen and oxygen atoms in total. The van der Waals surface area contributed by atoms with E-state index in [-0.39, 0.29) is 43.5 Å². The number of hydrogen-bond donors (Lipinski definition) is 0. The summed E-state index contributed by atoms with van der Waals surface area (Å²) in [6, 6.07) is 9.04. The number of esters is 1. The van der Waals surface area contributed by atoms with E-state index in [1.54, 1.807) is 18.9 Å². The molecule has 1 heterocycles. The zero-order valence-electron chi connectivity index (χ0n) is 16.6. The Kier molecular flexibility index (Phi) is 8.17. The largest absolute Gasteiger partial charge is 0.466 e. The Labute approximate surface area is 165 Å². The lowest BCUT2D eigenvalue weighted by Gasteiger charge is -2.24. The summed E-state index contributed by atoms with van der Waals surface area (Å²) >= 11 is 0. The van der Waals surface area contributed by atoms with Crippen molar-refractivity contribution in [3.05, 3.63) is 35.9 Å². The molecule has 2 rings (SSSR count). The molecule has 0 aromatic heterocycles. The standard InChI is InChI=1S/C21H28N2O5/c1-3-28-21(27)14-18(24)17-10-7-13-23(17)20(26)12-11-19(25)22(2)15-16-8-5-4-6-9-16/h4-6,8-9,17H,3,7,10-15H2,1-2H3. The van der Waals surface area contributed by atoms with Gasteiger partial charge in [0.15, 0.2) is 5.78 Å². The summed E-state index contributed by atoms with van der Waals surface area (Å²) < 4.78 is 4.81. The van der Waals surface area contributed by atoms with Crippen molar-refractivity contribution >= 4 is 23.6 Å².